The summed E-state index contributed by atoms with van der Waals surface area (Å²) in [5, 5.41) is 3.03. The van der Waals surface area contributed by atoms with Gasteiger partial charge in [-0.3, -0.25) is 0 Å². The zero-order valence-electron chi connectivity index (χ0n) is 8.33. The molecule has 3 nitrogen and oxygen atoms in total. The molecule has 3 N–H and O–H groups in total. The van der Waals surface area contributed by atoms with E-state index < -0.39 is 0 Å². The first-order chi connectivity index (χ1) is 6.77. The lowest BCUT2D eigenvalue weighted by molar-refractivity contribution is 0.598. The predicted molar refractivity (Wildman–Crippen MR) is 58.2 cm³/mol. The van der Waals surface area contributed by atoms with Gasteiger partial charge in [0.1, 0.15) is 0 Å². The number of hydrogen-bond acceptors (Lipinski definition) is 3. The number of benzene rings is 1. The minimum absolute atomic E-state index is 0.234. The number of nitrogens with two attached hydrogens (primary N) is 1. The molecular weight excluding hydrogens is 174 g/mol. The Hall–Kier alpha value is -1.51. The van der Waals surface area contributed by atoms with E-state index in [0.29, 0.717) is 5.96 Å². The van der Waals surface area contributed by atoms with Crippen molar-refractivity contribution in [1.82, 2.24) is 5.32 Å². The highest BCUT2D eigenvalue weighted by Crippen LogP contribution is 2.25. The van der Waals surface area contributed by atoms with E-state index in [9.17, 15) is 0 Å². The van der Waals surface area contributed by atoms with E-state index in [-0.39, 0.29) is 6.04 Å². The van der Waals surface area contributed by atoms with Gasteiger partial charge < -0.3 is 11.1 Å². The van der Waals surface area contributed by atoms with Crippen molar-refractivity contribution in [1.29, 1.82) is 0 Å². The van der Waals surface area contributed by atoms with Crippen LogP contribution in [-0.4, -0.2) is 12.5 Å². The first-order valence-electron chi connectivity index (χ1n) is 4.90. The molecule has 74 valence electrons. The third-order valence-electron chi connectivity index (χ3n) is 2.57. The molecule has 1 aliphatic rings. The fraction of sp³-hybridized carbons (Fsp3) is 0.364. The Morgan fingerprint density at radius 3 is 2.93 bits per heavy atom. The Morgan fingerprint density at radius 1 is 1.43 bits per heavy atom. The summed E-state index contributed by atoms with van der Waals surface area (Å²) in [5.74, 6) is 0.560. The van der Waals surface area contributed by atoms with Gasteiger partial charge in [-0.15, -0.1) is 0 Å². The molecule has 0 aromatic heterocycles. The van der Waals surface area contributed by atoms with Crippen LogP contribution in [0.1, 0.15) is 23.6 Å². The van der Waals surface area contributed by atoms with Crippen LogP contribution in [0.15, 0.2) is 29.3 Å². The van der Waals surface area contributed by atoms with E-state index in [1.165, 1.54) is 11.1 Å². The molecule has 1 atom stereocenters. The number of nitrogens with one attached hydrogen (secondary N) is 1. The quantitative estimate of drug-likeness (QED) is 0.700. The summed E-state index contributed by atoms with van der Waals surface area (Å²) in [5.41, 5.74) is 8.23. The van der Waals surface area contributed by atoms with Gasteiger partial charge in [0, 0.05) is 6.54 Å². The Kier molecular flexibility index (Phi) is 2.39. The van der Waals surface area contributed by atoms with Gasteiger partial charge in [-0.05, 0) is 24.5 Å². The van der Waals surface area contributed by atoms with E-state index in [4.69, 9.17) is 5.73 Å². The molecule has 1 heterocycles. The van der Waals surface area contributed by atoms with Gasteiger partial charge in [-0.2, -0.15) is 0 Å². The molecule has 0 amide bonds. The second-order valence-electron chi connectivity index (χ2n) is 3.60. The molecule has 1 unspecified atom stereocenters. The lowest BCUT2D eigenvalue weighted by atomic mass is 9.99. The molecule has 0 bridgehead atoms. The summed E-state index contributed by atoms with van der Waals surface area (Å²) in [7, 11) is 0. The maximum absolute atomic E-state index is 5.65. The number of rotatable bonds is 1. The molecule has 1 aromatic carbocycles. The van der Waals surface area contributed by atoms with Crippen molar-refractivity contribution >= 4 is 5.96 Å². The number of guanidine groups is 1. The number of aliphatic imine (C=N–C) groups is 1. The Morgan fingerprint density at radius 2 is 2.21 bits per heavy atom. The molecule has 0 saturated carbocycles. The second kappa shape index (κ2) is 3.70. The van der Waals surface area contributed by atoms with Crippen LogP contribution < -0.4 is 11.1 Å². The van der Waals surface area contributed by atoms with Crippen LogP contribution in [-0.2, 0) is 0 Å². The number of hydrogen-bond donors (Lipinski definition) is 2. The van der Waals surface area contributed by atoms with Crippen LogP contribution in [0.3, 0.4) is 0 Å². The normalized spacial score (nSPS) is 21.2. The Labute approximate surface area is 84.0 Å². The van der Waals surface area contributed by atoms with Gasteiger partial charge in [0.25, 0.3) is 0 Å². The molecule has 1 aromatic rings. The summed E-state index contributed by atoms with van der Waals surface area (Å²) in [4.78, 5) is 4.40. The van der Waals surface area contributed by atoms with Crippen molar-refractivity contribution in [2.24, 2.45) is 10.7 Å². The largest absolute Gasteiger partial charge is 0.370 e. The van der Waals surface area contributed by atoms with Crippen LogP contribution in [0.5, 0.6) is 0 Å². The lowest BCUT2D eigenvalue weighted by Crippen LogP contribution is -2.37. The van der Waals surface area contributed by atoms with Crippen LogP contribution in [0.25, 0.3) is 0 Å². The van der Waals surface area contributed by atoms with E-state index in [1.54, 1.807) is 0 Å². The van der Waals surface area contributed by atoms with Crippen LogP contribution in [0, 0.1) is 6.92 Å². The predicted octanol–water partition coefficient (Wildman–Crippen LogP) is 1.34. The number of aryl methyl sites for hydroxylation is 1. The minimum atomic E-state index is 0.234. The molecule has 3 heteroatoms. The summed E-state index contributed by atoms with van der Waals surface area (Å²) in [6.07, 6.45) is 1.02. The third-order valence-corrected chi connectivity index (χ3v) is 2.57. The fourth-order valence-electron chi connectivity index (χ4n) is 1.80. The van der Waals surface area contributed by atoms with E-state index in [1.807, 2.05) is 6.07 Å². The molecule has 0 spiro atoms. The first-order valence-corrected chi connectivity index (χ1v) is 4.90. The highest BCUT2D eigenvalue weighted by Gasteiger charge is 2.15. The summed E-state index contributed by atoms with van der Waals surface area (Å²) < 4.78 is 0. The summed E-state index contributed by atoms with van der Waals surface area (Å²) in [6.45, 7) is 3.03. The maximum Gasteiger partial charge on any atom is 0.189 e. The van der Waals surface area contributed by atoms with Crippen LogP contribution in [0.2, 0.25) is 0 Å². The van der Waals surface area contributed by atoms with Gasteiger partial charge in [-0.1, -0.05) is 24.3 Å². The van der Waals surface area contributed by atoms with Crippen molar-refractivity contribution in [2.45, 2.75) is 19.4 Å². The summed E-state index contributed by atoms with van der Waals surface area (Å²) in [6, 6.07) is 8.58. The van der Waals surface area contributed by atoms with Crippen molar-refractivity contribution in [3.05, 3.63) is 35.4 Å². The molecule has 0 fully saturated rings. The molecule has 0 radical (unpaired) electrons. The Balaban J connectivity index is 2.31. The maximum atomic E-state index is 5.65. The van der Waals surface area contributed by atoms with Crippen molar-refractivity contribution in [3.8, 4) is 0 Å². The first kappa shape index (κ1) is 9.06. The van der Waals surface area contributed by atoms with Gasteiger partial charge >= 0.3 is 0 Å². The SMILES string of the molecule is Cc1ccccc1C1CCNC(N)=N1. The van der Waals surface area contributed by atoms with Crippen molar-refractivity contribution in [3.63, 3.8) is 0 Å². The molecule has 2 rings (SSSR count). The Bertz CT molecular complexity index is 357. The second-order valence-corrected chi connectivity index (χ2v) is 3.60. The molecule has 0 saturated heterocycles. The van der Waals surface area contributed by atoms with Gasteiger partial charge in [0.05, 0.1) is 6.04 Å². The zero-order valence-corrected chi connectivity index (χ0v) is 8.33. The van der Waals surface area contributed by atoms with Crippen molar-refractivity contribution < 1.29 is 0 Å². The monoisotopic (exact) mass is 189 g/mol. The minimum Gasteiger partial charge on any atom is -0.370 e. The topological polar surface area (TPSA) is 50.4 Å². The van der Waals surface area contributed by atoms with Crippen molar-refractivity contribution in [2.75, 3.05) is 6.54 Å². The van der Waals surface area contributed by atoms with Crippen LogP contribution in [0.4, 0.5) is 0 Å². The summed E-state index contributed by atoms with van der Waals surface area (Å²) >= 11 is 0. The molecular formula is C11H15N3. The van der Waals surface area contributed by atoms with Gasteiger partial charge in [-0.25, -0.2) is 4.99 Å². The average molecular weight is 189 g/mol. The zero-order chi connectivity index (χ0) is 9.97. The van der Waals surface area contributed by atoms with E-state index in [0.717, 1.165) is 13.0 Å². The van der Waals surface area contributed by atoms with E-state index in [2.05, 4.69) is 35.4 Å². The fourth-order valence-corrected chi connectivity index (χ4v) is 1.80. The number of nitrogens with zero attached hydrogens (tertiary/aromatic N) is 1. The third kappa shape index (κ3) is 1.71. The molecule has 1 aliphatic heterocycles. The highest BCUT2D eigenvalue weighted by molar-refractivity contribution is 5.78. The average Bonchev–Trinajstić information content (AvgIpc) is 2.18. The van der Waals surface area contributed by atoms with Gasteiger partial charge in [0.15, 0.2) is 5.96 Å². The molecule has 14 heavy (non-hydrogen) atoms. The van der Waals surface area contributed by atoms with Gasteiger partial charge in [0.2, 0.25) is 0 Å². The molecule has 0 aliphatic carbocycles. The highest BCUT2D eigenvalue weighted by atomic mass is 15.1. The van der Waals surface area contributed by atoms with E-state index >= 15 is 0 Å². The lowest BCUT2D eigenvalue weighted by Gasteiger charge is -2.21. The smallest absolute Gasteiger partial charge is 0.189 e. The van der Waals surface area contributed by atoms with Crippen LogP contribution >= 0.6 is 0 Å². The standard InChI is InChI=1S/C11H15N3/c1-8-4-2-3-5-9(8)10-6-7-13-11(12)14-10/h2-5,10H,6-7H2,1H3,(H3,12,13,14).